The SMILES string of the molecule is CC1CC1C[S+]([O-])I. The van der Waals surface area contributed by atoms with Crippen LogP contribution in [0.4, 0.5) is 0 Å². The van der Waals surface area contributed by atoms with Crippen LogP contribution in [0.1, 0.15) is 13.3 Å². The summed E-state index contributed by atoms with van der Waals surface area (Å²) in [6.07, 6.45) is 1.30. The highest BCUT2D eigenvalue weighted by atomic mass is 127. The van der Waals surface area contributed by atoms with Gasteiger partial charge in [-0.25, -0.2) is 0 Å². The fourth-order valence-corrected chi connectivity index (χ4v) is 2.99. The summed E-state index contributed by atoms with van der Waals surface area (Å²) in [7, 11) is -0.584. The lowest BCUT2D eigenvalue weighted by Crippen LogP contribution is -1.98. The molecule has 0 bridgehead atoms. The smallest absolute Gasteiger partial charge is 0.248 e. The van der Waals surface area contributed by atoms with E-state index >= 15 is 0 Å². The van der Waals surface area contributed by atoms with Crippen LogP contribution in [0.2, 0.25) is 0 Å². The van der Waals surface area contributed by atoms with Crippen molar-refractivity contribution in [2.45, 2.75) is 13.3 Å². The first-order valence-electron chi connectivity index (χ1n) is 2.75. The molecule has 0 aromatic heterocycles. The van der Waals surface area contributed by atoms with Crippen LogP contribution in [0.25, 0.3) is 0 Å². The van der Waals surface area contributed by atoms with Gasteiger partial charge in [0.2, 0.25) is 21.2 Å². The van der Waals surface area contributed by atoms with Gasteiger partial charge in [-0.2, -0.15) is 0 Å². The van der Waals surface area contributed by atoms with Gasteiger partial charge in [0.25, 0.3) is 0 Å². The highest BCUT2D eigenvalue weighted by molar-refractivity contribution is 14.2. The topological polar surface area (TPSA) is 23.1 Å². The van der Waals surface area contributed by atoms with E-state index in [4.69, 9.17) is 0 Å². The van der Waals surface area contributed by atoms with Crippen molar-refractivity contribution in [2.24, 2.45) is 11.8 Å². The fourth-order valence-electron chi connectivity index (χ4n) is 0.800. The standard InChI is InChI=1S/C5H9IOS/c1-4-2-5(4)3-8(6)7/h4-5H,2-3H2,1H3. The highest BCUT2D eigenvalue weighted by Crippen LogP contribution is 2.39. The molecule has 3 unspecified atom stereocenters. The molecule has 0 N–H and O–H groups in total. The fraction of sp³-hybridized carbons (Fsp3) is 1.00. The van der Waals surface area contributed by atoms with Crippen LogP contribution in [0.3, 0.4) is 0 Å². The second-order valence-electron chi connectivity index (χ2n) is 2.43. The molecule has 0 heterocycles. The zero-order chi connectivity index (χ0) is 6.15. The molecule has 3 heteroatoms. The summed E-state index contributed by atoms with van der Waals surface area (Å²) in [5.74, 6) is 2.56. The van der Waals surface area contributed by atoms with Gasteiger partial charge in [0, 0.05) is 14.3 Å². The van der Waals surface area contributed by atoms with E-state index in [0.29, 0.717) is 0 Å². The predicted molar refractivity (Wildman–Crippen MR) is 44.3 cm³/mol. The summed E-state index contributed by atoms with van der Waals surface area (Å²) >= 11 is 1.98. The van der Waals surface area contributed by atoms with Crippen LogP contribution >= 0.6 is 21.2 Å². The molecule has 1 aliphatic carbocycles. The number of halogens is 1. The summed E-state index contributed by atoms with van der Waals surface area (Å²) in [4.78, 5) is 0. The third kappa shape index (κ3) is 2.11. The van der Waals surface area contributed by atoms with Crippen LogP contribution in [0, 0.1) is 11.8 Å². The molecule has 0 spiro atoms. The zero-order valence-corrected chi connectivity index (χ0v) is 7.74. The van der Waals surface area contributed by atoms with Crippen molar-refractivity contribution in [1.29, 1.82) is 0 Å². The van der Waals surface area contributed by atoms with Crippen molar-refractivity contribution in [3.8, 4) is 0 Å². The maximum atomic E-state index is 10.5. The molecule has 1 rings (SSSR count). The van der Waals surface area contributed by atoms with Gasteiger partial charge < -0.3 is 4.55 Å². The van der Waals surface area contributed by atoms with Crippen LogP contribution < -0.4 is 0 Å². The number of hydrogen-bond donors (Lipinski definition) is 0. The molecule has 0 saturated heterocycles. The minimum atomic E-state index is -0.584. The van der Waals surface area contributed by atoms with Crippen LogP contribution in [0.5, 0.6) is 0 Å². The summed E-state index contributed by atoms with van der Waals surface area (Å²) in [5, 5.41) is 0. The molecular formula is C5H9IOS. The number of hydrogen-bond acceptors (Lipinski definition) is 1. The largest absolute Gasteiger partial charge is 0.609 e. The molecule has 1 aliphatic rings. The van der Waals surface area contributed by atoms with E-state index in [1.165, 1.54) is 6.42 Å². The van der Waals surface area contributed by atoms with Crippen LogP contribution in [0.15, 0.2) is 0 Å². The van der Waals surface area contributed by atoms with E-state index in [0.717, 1.165) is 17.6 Å². The number of rotatable bonds is 2. The molecule has 8 heavy (non-hydrogen) atoms. The van der Waals surface area contributed by atoms with Crippen molar-refractivity contribution >= 4 is 29.6 Å². The monoisotopic (exact) mass is 244 g/mol. The van der Waals surface area contributed by atoms with E-state index in [9.17, 15) is 4.55 Å². The van der Waals surface area contributed by atoms with Gasteiger partial charge in [-0.1, -0.05) is 6.92 Å². The molecule has 1 fully saturated rings. The second-order valence-corrected chi connectivity index (χ2v) is 6.29. The van der Waals surface area contributed by atoms with Gasteiger partial charge in [0.1, 0.15) is 5.75 Å². The van der Waals surface area contributed by atoms with Crippen LogP contribution in [-0.4, -0.2) is 10.3 Å². The molecule has 0 aliphatic heterocycles. The van der Waals surface area contributed by atoms with Crippen molar-refractivity contribution in [2.75, 3.05) is 5.75 Å². The molecular weight excluding hydrogens is 235 g/mol. The van der Waals surface area contributed by atoms with E-state index in [1.54, 1.807) is 0 Å². The molecule has 0 amide bonds. The molecule has 0 radical (unpaired) electrons. The Hall–Kier alpha value is 1.04. The van der Waals surface area contributed by atoms with Gasteiger partial charge >= 0.3 is 0 Å². The first-order valence-corrected chi connectivity index (χ1v) is 6.61. The Labute approximate surface area is 65.0 Å². The quantitative estimate of drug-likeness (QED) is 0.536. The lowest BCUT2D eigenvalue weighted by atomic mass is 10.4. The minimum Gasteiger partial charge on any atom is -0.609 e. The lowest BCUT2D eigenvalue weighted by Gasteiger charge is -1.97. The van der Waals surface area contributed by atoms with Crippen LogP contribution in [-0.2, 0) is 8.35 Å². The Balaban J connectivity index is 2.05. The van der Waals surface area contributed by atoms with Gasteiger partial charge in [0.15, 0.2) is 0 Å². The summed E-state index contributed by atoms with van der Waals surface area (Å²) in [6.45, 7) is 2.22. The Morgan fingerprint density at radius 2 is 2.38 bits per heavy atom. The Kier molecular flexibility index (Phi) is 2.46. The van der Waals surface area contributed by atoms with Gasteiger partial charge in [-0.3, -0.25) is 0 Å². The normalized spacial score (nSPS) is 39.4. The third-order valence-electron chi connectivity index (χ3n) is 1.62. The first kappa shape index (κ1) is 7.15. The van der Waals surface area contributed by atoms with Crippen molar-refractivity contribution in [3.63, 3.8) is 0 Å². The highest BCUT2D eigenvalue weighted by Gasteiger charge is 2.35. The van der Waals surface area contributed by atoms with E-state index in [-0.39, 0.29) is 0 Å². The zero-order valence-electron chi connectivity index (χ0n) is 4.76. The molecule has 0 aromatic rings. The Morgan fingerprint density at radius 3 is 2.50 bits per heavy atom. The summed E-state index contributed by atoms with van der Waals surface area (Å²) < 4.78 is 10.5. The summed E-state index contributed by atoms with van der Waals surface area (Å²) in [6, 6.07) is 0. The van der Waals surface area contributed by atoms with Crippen molar-refractivity contribution < 1.29 is 4.55 Å². The van der Waals surface area contributed by atoms with Gasteiger partial charge in [-0.05, 0) is 12.3 Å². The van der Waals surface area contributed by atoms with Gasteiger partial charge in [-0.15, -0.1) is 0 Å². The average Bonchev–Trinajstić information content (AvgIpc) is 2.17. The molecule has 3 atom stereocenters. The van der Waals surface area contributed by atoms with Gasteiger partial charge in [0.05, 0.1) is 0 Å². The Morgan fingerprint density at radius 1 is 1.88 bits per heavy atom. The average molecular weight is 244 g/mol. The first-order chi connectivity index (χ1) is 3.70. The van der Waals surface area contributed by atoms with E-state index in [1.807, 2.05) is 21.2 Å². The Bertz CT molecular complexity index is 86.5. The van der Waals surface area contributed by atoms with E-state index in [2.05, 4.69) is 6.92 Å². The molecule has 0 aromatic carbocycles. The lowest BCUT2D eigenvalue weighted by molar-refractivity contribution is 0.606. The second kappa shape index (κ2) is 2.75. The maximum absolute atomic E-state index is 10.5. The van der Waals surface area contributed by atoms with E-state index < -0.39 is 8.35 Å². The maximum Gasteiger partial charge on any atom is 0.248 e. The molecule has 1 saturated carbocycles. The summed E-state index contributed by atoms with van der Waals surface area (Å²) in [5.41, 5.74) is 0. The van der Waals surface area contributed by atoms with Crippen molar-refractivity contribution in [3.05, 3.63) is 0 Å². The van der Waals surface area contributed by atoms with Crippen molar-refractivity contribution in [1.82, 2.24) is 0 Å². The minimum absolute atomic E-state index is 0.584. The third-order valence-corrected chi connectivity index (χ3v) is 3.39. The molecule has 48 valence electrons. The predicted octanol–water partition coefficient (Wildman–Crippen LogP) is 1.74. The molecule has 1 nitrogen and oxygen atoms in total.